The fraction of sp³-hybridized carbons (Fsp3) is 0. The van der Waals surface area contributed by atoms with Gasteiger partial charge in [0.25, 0.3) is 0 Å². The summed E-state index contributed by atoms with van der Waals surface area (Å²) in [5, 5.41) is 17.7. The van der Waals surface area contributed by atoms with Gasteiger partial charge < -0.3 is 0 Å². The third-order valence-electron chi connectivity index (χ3n) is 11.2. The third-order valence-corrected chi connectivity index (χ3v) is 11.2. The van der Waals surface area contributed by atoms with Crippen molar-refractivity contribution in [2.75, 3.05) is 0 Å². The summed E-state index contributed by atoms with van der Waals surface area (Å²) >= 11 is 0. The van der Waals surface area contributed by atoms with E-state index in [4.69, 9.17) is 0 Å². The molecule has 11 aromatic rings. The molecule has 0 N–H and O–H groups in total. The molecule has 0 nitrogen and oxygen atoms in total. The third kappa shape index (κ3) is 4.35. The minimum Gasteiger partial charge on any atom is -0.0616 e. The van der Waals surface area contributed by atoms with Crippen LogP contribution in [0.2, 0.25) is 0 Å². The van der Waals surface area contributed by atoms with E-state index in [9.17, 15) is 0 Å². The largest absolute Gasteiger partial charge is 0.0616 e. The maximum atomic E-state index is 2.46. The molecule has 52 heavy (non-hydrogen) atoms. The summed E-state index contributed by atoms with van der Waals surface area (Å²) in [7, 11) is 0. The predicted octanol–water partition coefficient (Wildman–Crippen LogP) is 14.8. The van der Waals surface area contributed by atoms with E-state index in [1.165, 1.54) is 109 Å². The molecule has 0 atom stereocenters. The summed E-state index contributed by atoms with van der Waals surface area (Å²) in [6.07, 6.45) is 0. The van der Waals surface area contributed by atoms with Crippen LogP contribution in [-0.4, -0.2) is 0 Å². The Balaban J connectivity index is 1.33. The molecule has 0 spiro atoms. The lowest BCUT2D eigenvalue weighted by atomic mass is 9.81. The van der Waals surface area contributed by atoms with Gasteiger partial charge in [0.15, 0.2) is 0 Å². The molecule has 0 unspecified atom stereocenters. The van der Waals surface area contributed by atoms with Crippen LogP contribution in [0.15, 0.2) is 194 Å². The van der Waals surface area contributed by atoms with Crippen molar-refractivity contribution in [1.29, 1.82) is 0 Å². The molecule has 240 valence electrons. The van der Waals surface area contributed by atoms with E-state index in [0.29, 0.717) is 0 Å². The van der Waals surface area contributed by atoms with E-state index in [1.54, 1.807) is 0 Å². The Morgan fingerprint density at radius 3 is 1.15 bits per heavy atom. The summed E-state index contributed by atoms with van der Waals surface area (Å²) in [6, 6.07) is 72.1. The molecule has 0 saturated carbocycles. The van der Waals surface area contributed by atoms with Crippen molar-refractivity contribution in [1.82, 2.24) is 0 Å². The molecule has 0 heterocycles. The fourth-order valence-electron chi connectivity index (χ4n) is 8.83. The Morgan fingerprint density at radius 2 is 0.577 bits per heavy atom. The molecule has 0 aliphatic heterocycles. The Hall–Kier alpha value is -6.76. The number of rotatable bonds is 3. The van der Waals surface area contributed by atoms with Crippen molar-refractivity contribution in [3.8, 4) is 33.4 Å². The zero-order chi connectivity index (χ0) is 34.2. The summed E-state index contributed by atoms with van der Waals surface area (Å²) in [5.41, 5.74) is 7.54. The molecule has 0 heteroatoms. The van der Waals surface area contributed by atoms with Gasteiger partial charge in [-0.15, -0.1) is 0 Å². The Labute approximate surface area is 301 Å². The van der Waals surface area contributed by atoms with Crippen molar-refractivity contribution in [2.45, 2.75) is 0 Å². The van der Waals surface area contributed by atoms with Crippen LogP contribution in [0.1, 0.15) is 0 Å². The average molecular weight is 657 g/mol. The van der Waals surface area contributed by atoms with Crippen LogP contribution in [0.25, 0.3) is 109 Å². The minimum atomic E-state index is 1.22. The topological polar surface area (TPSA) is 0 Å². The Kier molecular flexibility index (Phi) is 6.35. The second-order valence-corrected chi connectivity index (χ2v) is 14.0. The number of fused-ring (bicyclic) bond motifs is 9. The van der Waals surface area contributed by atoms with E-state index >= 15 is 0 Å². The van der Waals surface area contributed by atoms with Gasteiger partial charge in [-0.25, -0.2) is 0 Å². The lowest BCUT2D eigenvalue weighted by Crippen LogP contribution is -1.94. The van der Waals surface area contributed by atoms with E-state index in [2.05, 4.69) is 194 Å². The first kappa shape index (κ1) is 29.0. The smallest absolute Gasteiger partial charge is 0.00197 e. The van der Waals surface area contributed by atoms with Crippen molar-refractivity contribution in [2.24, 2.45) is 0 Å². The molecule has 11 rings (SSSR count). The van der Waals surface area contributed by atoms with Gasteiger partial charge in [0.1, 0.15) is 0 Å². The number of benzene rings is 11. The second-order valence-electron chi connectivity index (χ2n) is 14.0. The Bertz CT molecular complexity index is 3240. The second kappa shape index (κ2) is 11.4. The van der Waals surface area contributed by atoms with E-state index in [-0.39, 0.29) is 0 Å². The summed E-state index contributed by atoms with van der Waals surface area (Å²) in [5.74, 6) is 0. The molecule has 11 aromatic carbocycles. The highest BCUT2D eigenvalue weighted by Crippen LogP contribution is 2.49. The van der Waals surface area contributed by atoms with Gasteiger partial charge in [-0.05, 0) is 133 Å². The van der Waals surface area contributed by atoms with E-state index in [0.717, 1.165) is 0 Å². The van der Waals surface area contributed by atoms with E-state index < -0.39 is 0 Å². The highest BCUT2D eigenvalue weighted by atomic mass is 14.2. The van der Waals surface area contributed by atoms with E-state index in [1.807, 2.05) is 0 Å². The van der Waals surface area contributed by atoms with Crippen LogP contribution in [0.4, 0.5) is 0 Å². The number of hydrogen-bond acceptors (Lipinski definition) is 0. The maximum absolute atomic E-state index is 2.46. The molecule has 0 fully saturated rings. The van der Waals surface area contributed by atoms with Crippen molar-refractivity contribution in [3.63, 3.8) is 0 Å². The Morgan fingerprint density at radius 1 is 0.192 bits per heavy atom. The zero-order valence-corrected chi connectivity index (χ0v) is 28.5. The molecule has 0 bridgehead atoms. The molecule has 0 aliphatic rings. The summed E-state index contributed by atoms with van der Waals surface area (Å²) < 4.78 is 0. The van der Waals surface area contributed by atoms with Crippen LogP contribution >= 0.6 is 0 Å². The molecule has 0 saturated heterocycles. The van der Waals surface area contributed by atoms with Crippen LogP contribution in [0, 0.1) is 0 Å². The van der Waals surface area contributed by atoms with Crippen LogP contribution in [0.3, 0.4) is 0 Å². The molecule has 0 aromatic heterocycles. The van der Waals surface area contributed by atoms with Gasteiger partial charge in [-0.2, -0.15) is 0 Å². The molecule has 0 aliphatic carbocycles. The lowest BCUT2D eigenvalue weighted by Gasteiger charge is -2.21. The number of hydrogen-bond donors (Lipinski definition) is 0. The predicted molar refractivity (Wildman–Crippen MR) is 225 cm³/mol. The van der Waals surface area contributed by atoms with Crippen LogP contribution in [0.5, 0.6) is 0 Å². The maximum Gasteiger partial charge on any atom is -0.00197 e. The first-order chi connectivity index (χ1) is 25.8. The average Bonchev–Trinajstić information content (AvgIpc) is 3.22. The van der Waals surface area contributed by atoms with Crippen molar-refractivity contribution < 1.29 is 0 Å². The first-order valence-electron chi connectivity index (χ1n) is 18.1. The SMILES string of the molecule is c1ccc2cc(-c3ccc4c(-c5cc6ccccc6c6ccccc56)c5ccccc5c(-c5cc6ccccc6c6ccccc56)c4c3)ccc2c1. The first-order valence-corrected chi connectivity index (χ1v) is 18.1. The quantitative estimate of drug-likeness (QED) is 0.131. The molecule has 0 amide bonds. The normalized spacial score (nSPS) is 11.8. The highest BCUT2D eigenvalue weighted by Gasteiger charge is 2.21. The van der Waals surface area contributed by atoms with Gasteiger partial charge in [-0.3, -0.25) is 0 Å². The van der Waals surface area contributed by atoms with Gasteiger partial charge in [0, 0.05) is 0 Å². The minimum absolute atomic E-state index is 1.22. The molecular weight excluding hydrogens is 625 g/mol. The molecule has 0 radical (unpaired) electrons. The van der Waals surface area contributed by atoms with Crippen LogP contribution < -0.4 is 0 Å². The lowest BCUT2D eigenvalue weighted by molar-refractivity contribution is 1.67. The molecular formula is C52H32. The van der Waals surface area contributed by atoms with Crippen molar-refractivity contribution in [3.05, 3.63) is 194 Å². The van der Waals surface area contributed by atoms with Crippen LogP contribution in [-0.2, 0) is 0 Å². The van der Waals surface area contributed by atoms with Gasteiger partial charge in [0.2, 0.25) is 0 Å². The monoisotopic (exact) mass is 656 g/mol. The van der Waals surface area contributed by atoms with Gasteiger partial charge in [0.05, 0.1) is 0 Å². The van der Waals surface area contributed by atoms with Gasteiger partial charge >= 0.3 is 0 Å². The van der Waals surface area contributed by atoms with Crippen molar-refractivity contribution >= 4 is 75.4 Å². The highest BCUT2D eigenvalue weighted by molar-refractivity contribution is 6.28. The van der Waals surface area contributed by atoms with Gasteiger partial charge in [-0.1, -0.05) is 170 Å². The zero-order valence-electron chi connectivity index (χ0n) is 28.5. The summed E-state index contributed by atoms with van der Waals surface area (Å²) in [6.45, 7) is 0. The fourth-order valence-corrected chi connectivity index (χ4v) is 8.83. The summed E-state index contributed by atoms with van der Waals surface area (Å²) in [4.78, 5) is 0. The standard InChI is InChI=1S/C52H32/c1-2-14-34-29-35(26-25-33(34)13-1)36-27-28-47-50(30-36)52(49-32-38-16-4-6-18-40(38)42-20-8-10-22-44(42)49)46-24-12-11-23-45(46)51(47)48-31-37-15-3-5-17-39(37)41-19-7-9-21-43(41)48/h1-32H.